The van der Waals surface area contributed by atoms with Crippen molar-refractivity contribution in [2.45, 2.75) is 64.1 Å². The Bertz CT molecular complexity index is 963. The van der Waals surface area contributed by atoms with Crippen molar-refractivity contribution in [2.24, 2.45) is 17.8 Å². The van der Waals surface area contributed by atoms with Gasteiger partial charge >= 0.3 is 12.1 Å². The molecule has 0 bridgehead atoms. The molecule has 37 heavy (non-hydrogen) atoms. The van der Waals surface area contributed by atoms with E-state index in [2.05, 4.69) is 35.4 Å². The molecule has 0 spiro atoms. The monoisotopic (exact) mass is 515 g/mol. The van der Waals surface area contributed by atoms with Gasteiger partial charge in [-0.1, -0.05) is 24.3 Å². The fraction of sp³-hybridized carbons (Fsp3) is 0.679. The summed E-state index contributed by atoms with van der Waals surface area (Å²) in [6.07, 6.45) is 13.2. The van der Waals surface area contributed by atoms with Crippen molar-refractivity contribution in [3.63, 3.8) is 0 Å². The van der Waals surface area contributed by atoms with Gasteiger partial charge in [-0.3, -0.25) is 9.59 Å². The second kappa shape index (κ2) is 11.3. The van der Waals surface area contributed by atoms with Crippen molar-refractivity contribution in [2.75, 3.05) is 39.9 Å². The third kappa shape index (κ3) is 6.74. The highest BCUT2D eigenvalue weighted by Crippen LogP contribution is 2.37. The first-order valence-corrected chi connectivity index (χ1v) is 13.4. The molecule has 4 aliphatic rings. The van der Waals surface area contributed by atoms with E-state index in [1.54, 1.807) is 27.9 Å². The molecule has 0 radical (unpaired) electrons. The molecule has 2 aliphatic carbocycles. The van der Waals surface area contributed by atoms with Crippen molar-refractivity contribution < 1.29 is 29.0 Å². The van der Waals surface area contributed by atoms with Crippen LogP contribution in [0.15, 0.2) is 36.1 Å². The highest BCUT2D eigenvalue weighted by molar-refractivity contribution is 5.83. The lowest BCUT2D eigenvalue weighted by atomic mass is 9.87. The third-order valence-corrected chi connectivity index (χ3v) is 7.44. The topological polar surface area (TPSA) is 99.6 Å². The van der Waals surface area contributed by atoms with Crippen LogP contribution in [0.3, 0.4) is 0 Å². The molecule has 2 amide bonds. The van der Waals surface area contributed by atoms with Crippen LogP contribution in [-0.2, 0) is 19.1 Å². The molecule has 0 aromatic carbocycles. The standard InChI is InChI=1S/C28H41N3O6/c1-28(2,3)37-27(35)30-15-19(14-20(16-30)26(33)34)25(32)31(22-10-11-22)18-21-17-29(12-7-13-36-4)24-9-6-5-8-23(21)24/h5-6,8-9,17,19-20,22-24H,7,10-16,18H2,1-4H3,(H,33,34)/t19-,20+,23?,24?/m1/s1. The molecule has 0 aromatic heterocycles. The molecule has 2 fully saturated rings. The van der Waals surface area contributed by atoms with Crippen molar-refractivity contribution in [3.8, 4) is 0 Å². The Labute approximate surface area is 219 Å². The van der Waals surface area contributed by atoms with Gasteiger partial charge in [0.05, 0.1) is 17.9 Å². The predicted molar refractivity (Wildman–Crippen MR) is 139 cm³/mol. The molecule has 9 heteroatoms. The molecule has 2 aliphatic heterocycles. The maximum absolute atomic E-state index is 13.9. The molecule has 4 atom stereocenters. The summed E-state index contributed by atoms with van der Waals surface area (Å²) < 4.78 is 10.7. The Morgan fingerprint density at radius 1 is 1.11 bits per heavy atom. The lowest BCUT2D eigenvalue weighted by molar-refractivity contribution is -0.147. The van der Waals surface area contributed by atoms with Gasteiger partial charge in [0.15, 0.2) is 0 Å². The Hall–Kier alpha value is -2.81. The number of aliphatic carboxylic acids is 1. The van der Waals surface area contributed by atoms with Crippen LogP contribution in [0.5, 0.6) is 0 Å². The minimum Gasteiger partial charge on any atom is -0.481 e. The van der Waals surface area contributed by atoms with Gasteiger partial charge in [-0.2, -0.15) is 0 Å². The highest BCUT2D eigenvalue weighted by Gasteiger charge is 2.44. The number of allylic oxidation sites excluding steroid dienone is 2. The van der Waals surface area contributed by atoms with E-state index in [4.69, 9.17) is 9.47 Å². The molecule has 2 unspecified atom stereocenters. The molecule has 4 rings (SSSR count). The fourth-order valence-electron chi connectivity index (χ4n) is 5.53. The minimum atomic E-state index is -0.990. The van der Waals surface area contributed by atoms with Crippen LogP contribution in [-0.4, -0.2) is 95.4 Å². The number of carboxylic acid groups (broad SMARTS) is 1. The van der Waals surface area contributed by atoms with Gasteiger partial charge < -0.3 is 29.3 Å². The molecular formula is C28H41N3O6. The summed E-state index contributed by atoms with van der Waals surface area (Å²) in [5.74, 6) is -2.21. The number of carbonyl (C=O) groups excluding carboxylic acids is 2. The number of ether oxygens (including phenoxy) is 2. The normalized spacial score (nSPS) is 27.1. The molecule has 2 heterocycles. The third-order valence-electron chi connectivity index (χ3n) is 7.44. The zero-order chi connectivity index (χ0) is 26.7. The number of amides is 2. The van der Waals surface area contributed by atoms with Gasteiger partial charge in [-0.15, -0.1) is 0 Å². The molecule has 1 saturated heterocycles. The van der Waals surface area contributed by atoms with Crippen LogP contribution in [0.25, 0.3) is 0 Å². The van der Waals surface area contributed by atoms with Crippen molar-refractivity contribution >= 4 is 18.0 Å². The Balaban J connectivity index is 1.50. The largest absolute Gasteiger partial charge is 0.481 e. The Kier molecular flexibility index (Phi) is 8.31. The van der Waals surface area contributed by atoms with E-state index in [0.717, 1.165) is 25.8 Å². The number of hydrogen-bond donors (Lipinski definition) is 1. The highest BCUT2D eigenvalue weighted by atomic mass is 16.6. The predicted octanol–water partition coefficient (Wildman–Crippen LogP) is 3.28. The number of methoxy groups -OCH3 is 1. The minimum absolute atomic E-state index is 0.0555. The maximum atomic E-state index is 13.9. The molecular weight excluding hydrogens is 474 g/mol. The Morgan fingerprint density at radius 3 is 2.46 bits per heavy atom. The van der Waals surface area contributed by atoms with Crippen LogP contribution in [0.4, 0.5) is 4.79 Å². The van der Waals surface area contributed by atoms with E-state index >= 15 is 0 Å². The molecule has 1 saturated carbocycles. The maximum Gasteiger partial charge on any atom is 0.410 e. The number of hydrogen-bond acceptors (Lipinski definition) is 6. The molecule has 0 aromatic rings. The van der Waals surface area contributed by atoms with Gasteiger partial charge in [0.25, 0.3) is 0 Å². The summed E-state index contributed by atoms with van der Waals surface area (Å²) >= 11 is 0. The van der Waals surface area contributed by atoms with Gasteiger partial charge in [-0.25, -0.2) is 4.79 Å². The smallest absolute Gasteiger partial charge is 0.410 e. The zero-order valence-corrected chi connectivity index (χ0v) is 22.5. The lowest BCUT2D eigenvalue weighted by Gasteiger charge is -2.38. The van der Waals surface area contributed by atoms with Gasteiger partial charge in [-0.05, 0) is 52.0 Å². The number of piperidine rings is 1. The van der Waals surface area contributed by atoms with Gasteiger partial charge in [0.2, 0.25) is 5.91 Å². The van der Waals surface area contributed by atoms with Crippen LogP contribution in [0, 0.1) is 17.8 Å². The number of nitrogens with zero attached hydrogens (tertiary/aromatic N) is 3. The lowest BCUT2D eigenvalue weighted by Crippen LogP contribution is -2.52. The molecule has 9 nitrogen and oxygen atoms in total. The summed E-state index contributed by atoms with van der Waals surface area (Å²) in [6, 6.07) is 0.402. The Morgan fingerprint density at radius 2 is 1.81 bits per heavy atom. The van der Waals surface area contributed by atoms with Crippen molar-refractivity contribution in [1.29, 1.82) is 0 Å². The van der Waals surface area contributed by atoms with Crippen LogP contribution in [0.1, 0.15) is 46.5 Å². The second-order valence-corrected chi connectivity index (χ2v) is 11.6. The molecule has 1 N–H and O–H groups in total. The number of fused-ring (bicyclic) bond motifs is 1. The first kappa shape index (κ1) is 27.2. The SMILES string of the molecule is COCCCN1C=C(CN(C(=O)[C@@H]2C[C@H](C(=O)O)CN(C(=O)OC(C)(C)C)C2)C2CC2)C2C=CC=CC21. The van der Waals surface area contributed by atoms with Gasteiger partial charge in [0.1, 0.15) is 5.60 Å². The first-order chi connectivity index (χ1) is 17.6. The van der Waals surface area contributed by atoms with Gasteiger partial charge in [0, 0.05) is 58.1 Å². The zero-order valence-electron chi connectivity index (χ0n) is 22.5. The number of likely N-dealkylation sites (tertiary alicyclic amines) is 1. The van der Waals surface area contributed by atoms with E-state index in [0.29, 0.717) is 13.2 Å². The van der Waals surface area contributed by atoms with Crippen LogP contribution < -0.4 is 0 Å². The molecule has 204 valence electrons. The summed E-state index contributed by atoms with van der Waals surface area (Å²) in [7, 11) is 1.71. The number of carboxylic acids is 1. The van der Waals surface area contributed by atoms with Crippen LogP contribution in [0.2, 0.25) is 0 Å². The summed E-state index contributed by atoms with van der Waals surface area (Å²) in [5, 5.41) is 9.77. The number of carbonyl (C=O) groups is 3. The van der Waals surface area contributed by atoms with E-state index in [1.165, 1.54) is 10.5 Å². The summed E-state index contributed by atoms with van der Waals surface area (Å²) in [5.41, 5.74) is 0.493. The van der Waals surface area contributed by atoms with E-state index in [-0.39, 0.29) is 43.4 Å². The average molecular weight is 516 g/mol. The van der Waals surface area contributed by atoms with Crippen LogP contribution >= 0.6 is 0 Å². The summed E-state index contributed by atoms with van der Waals surface area (Å²) in [6.45, 7) is 7.65. The van der Waals surface area contributed by atoms with E-state index < -0.39 is 29.5 Å². The quantitative estimate of drug-likeness (QED) is 0.471. The van der Waals surface area contributed by atoms with E-state index in [9.17, 15) is 19.5 Å². The van der Waals surface area contributed by atoms with Crippen molar-refractivity contribution in [1.82, 2.24) is 14.7 Å². The average Bonchev–Trinajstić information content (AvgIpc) is 3.63. The first-order valence-electron chi connectivity index (χ1n) is 13.4. The fourth-order valence-corrected chi connectivity index (χ4v) is 5.53. The van der Waals surface area contributed by atoms with E-state index in [1.807, 2.05) is 4.90 Å². The summed E-state index contributed by atoms with van der Waals surface area (Å²) in [4.78, 5) is 44.3. The number of rotatable bonds is 9. The van der Waals surface area contributed by atoms with Crippen molar-refractivity contribution in [3.05, 3.63) is 36.1 Å². The second-order valence-electron chi connectivity index (χ2n) is 11.6.